The number of hydrogen-bond donors (Lipinski definition) is 3. The van der Waals surface area contributed by atoms with Crippen molar-refractivity contribution >= 4 is 24.0 Å². The number of methoxy groups -OCH3 is 1. The van der Waals surface area contributed by atoms with E-state index in [1.807, 2.05) is 0 Å². The van der Waals surface area contributed by atoms with Gasteiger partial charge in [-0.05, 0) is 31.4 Å². The van der Waals surface area contributed by atoms with E-state index in [1.54, 1.807) is 18.2 Å². The molecule has 0 amide bonds. The second-order valence-electron chi connectivity index (χ2n) is 7.65. The summed E-state index contributed by atoms with van der Waals surface area (Å²) in [6.45, 7) is 0.379. The predicted octanol–water partition coefficient (Wildman–Crippen LogP) is 0.159. The van der Waals surface area contributed by atoms with Crippen LogP contribution in [0.2, 0.25) is 0 Å². The van der Waals surface area contributed by atoms with E-state index in [0.29, 0.717) is 25.7 Å². The van der Waals surface area contributed by atoms with Crippen molar-refractivity contribution < 1.29 is 43.6 Å². The molecule has 2 aliphatic heterocycles. The molecule has 0 aliphatic carbocycles. The van der Waals surface area contributed by atoms with Gasteiger partial charge in [-0.1, -0.05) is 6.07 Å². The number of rotatable bonds is 11. The molecule has 0 spiro atoms. The first kappa shape index (κ1) is 23.5. The highest BCUT2D eigenvalue weighted by Gasteiger charge is 2.37. The minimum atomic E-state index is -1.12. The molecule has 0 saturated carbocycles. The molecule has 2 heterocycles. The Bertz CT molecular complexity index is 875. The van der Waals surface area contributed by atoms with Crippen molar-refractivity contribution in [2.24, 2.45) is 5.92 Å². The Morgan fingerprint density at radius 2 is 2.00 bits per heavy atom. The molecule has 1 aromatic rings. The minimum Gasteiger partial charge on any atom is -0.490 e. The summed E-state index contributed by atoms with van der Waals surface area (Å²) in [4.78, 5) is 48.1. The molecule has 1 aromatic carbocycles. The summed E-state index contributed by atoms with van der Waals surface area (Å²) in [6, 6.07) is 3.14. The normalized spacial score (nSPS) is 24.0. The van der Waals surface area contributed by atoms with Gasteiger partial charge in [-0.3, -0.25) is 19.2 Å². The van der Waals surface area contributed by atoms with Gasteiger partial charge in [-0.2, -0.15) is 0 Å². The molecular weight excluding hydrogens is 424 g/mol. The number of carboxylic acids is 2. The maximum absolute atomic E-state index is 12.4. The molecule has 4 atom stereocenters. The Morgan fingerprint density at radius 3 is 2.62 bits per heavy atom. The molecule has 11 heteroatoms. The number of ketones is 1. The summed E-state index contributed by atoms with van der Waals surface area (Å²) >= 11 is 0. The molecule has 2 fully saturated rings. The average Bonchev–Trinajstić information content (AvgIpc) is 3.46. The Labute approximate surface area is 184 Å². The van der Waals surface area contributed by atoms with Gasteiger partial charge in [0.15, 0.2) is 23.6 Å². The third-order valence-corrected chi connectivity index (χ3v) is 5.67. The van der Waals surface area contributed by atoms with E-state index < -0.39 is 36.2 Å². The van der Waals surface area contributed by atoms with Crippen LogP contribution in [0, 0.1) is 5.92 Å². The highest BCUT2D eigenvalue weighted by Crippen LogP contribution is 2.38. The fraction of sp³-hybridized carbons (Fsp3) is 0.524. The second kappa shape index (κ2) is 10.4. The van der Waals surface area contributed by atoms with Crippen LogP contribution in [0.3, 0.4) is 0 Å². The summed E-state index contributed by atoms with van der Waals surface area (Å²) in [5, 5.41) is 21.2. The molecule has 3 rings (SSSR count). The molecule has 0 radical (unpaired) electrons. The monoisotopic (exact) mass is 450 g/mol. The molecule has 3 N–H and O–H groups in total. The number of aldehydes is 1. The van der Waals surface area contributed by atoms with Gasteiger partial charge in [0.1, 0.15) is 18.7 Å². The lowest BCUT2D eigenvalue weighted by Crippen LogP contribution is -2.47. The zero-order chi connectivity index (χ0) is 23.3. The van der Waals surface area contributed by atoms with Gasteiger partial charge in [0.2, 0.25) is 12.0 Å². The summed E-state index contributed by atoms with van der Waals surface area (Å²) in [5.41, 5.74) is 0. The summed E-state index contributed by atoms with van der Waals surface area (Å²) in [5.74, 6) is -2.20. The Kier molecular flexibility index (Phi) is 7.65. The molecule has 0 aromatic heterocycles. The van der Waals surface area contributed by atoms with E-state index >= 15 is 0 Å². The molecule has 2 saturated heterocycles. The number of hydrogen-bond acceptors (Lipinski definition) is 9. The zero-order valence-electron chi connectivity index (χ0n) is 17.6. The van der Waals surface area contributed by atoms with E-state index in [0.717, 1.165) is 0 Å². The van der Waals surface area contributed by atoms with Gasteiger partial charge in [0.25, 0.3) is 0 Å². The van der Waals surface area contributed by atoms with E-state index in [9.17, 15) is 24.3 Å². The lowest BCUT2D eigenvalue weighted by molar-refractivity contribution is -0.146. The minimum absolute atomic E-state index is 0.159. The first-order valence-corrected chi connectivity index (χ1v) is 10.2. The van der Waals surface area contributed by atoms with Gasteiger partial charge in [-0.15, -0.1) is 0 Å². The quantitative estimate of drug-likeness (QED) is 0.395. The standard InChI is InChI=1S/C21H26N2O9/c1-30-19-16(31-11-15(25)12-8-13(20(26)27)22-9-12)5-2-6-17(19)32-18(10-24)23-7-3-4-14(23)21(28)29/h2,5-6,10,12-14,18,22H,3-4,7-9,11H2,1H3,(H,26,27)(H,28,29)/t12?,13?,14-,18-/m1/s1. The van der Waals surface area contributed by atoms with Crippen LogP contribution in [0.4, 0.5) is 0 Å². The smallest absolute Gasteiger partial charge is 0.321 e. The number of carboxylic acid groups (broad SMARTS) is 2. The van der Waals surface area contributed by atoms with Gasteiger partial charge >= 0.3 is 11.9 Å². The number of para-hydroxylation sites is 1. The van der Waals surface area contributed by atoms with Crippen LogP contribution < -0.4 is 19.5 Å². The van der Waals surface area contributed by atoms with Crippen LogP contribution in [0.5, 0.6) is 17.2 Å². The average molecular weight is 450 g/mol. The maximum Gasteiger partial charge on any atom is 0.321 e. The maximum atomic E-state index is 12.4. The van der Waals surface area contributed by atoms with Crippen molar-refractivity contribution in [1.82, 2.24) is 10.2 Å². The third-order valence-electron chi connectivity index (χ3n) is 5.67. The van der Waals surface area contributed by atoms with Gasteiger partial charge in [0, 0.05) is 19.0 Å². The molecule has 2 unspecified atom stereocenters. The number of nitrogens with one attached hydrogen (secondary N) is 1. The summed E-state index contributed by atoms with van der Waals surface area (Å²) in [7, 11) is 1.38. The second-order valence-corrected chi connectivity index (χ2v) is 7.65. The van der Waals surface area contributed by atoms with Crippen molar-refractivity contribution in [3.63, 3.8) is 0 Å². The van der Waals surface area contributed by atoms with Gasteiger partial charge in [0.05, 0.1) is 7.11 Å². The summed E-state index contributed by atoms with van der Waals surface area (Å²) < 4.78 is 16.7. The number of carbonyl (C=O) groups is 4. The largest absolute Gasteiger partial charge is 0.490 e. The van der Waals surface area contributed by atoms with Crippen LogP contribution in [0.15, 0.2) is 18.2 Å². The topological polar surface area (TPSA) is 152 Å². The molecular formula is C21H26N2O9. The van der Waals surface area contributed by atoms with E-state index in [1.165, 1.54) is 12.0 Å². The zero-order valence-corrected chi connectivity index (χ0v) is 17.6. The van der Waals surface area contributed by atoms with Crippen molar-refractivity contribution in [2.75, 3.05) is 26.8 Å². The number of nitrogens with zero attached hydrogens (tertiary/aromatic N) is 1. The highest BCUT2D eigenvalue weighted by atomic mass is 16.5. The number of ether oxygens (including phenoxy) is 3. The van der Waals surface area contributed by atoms with Crippen LogP contribution in [-0.4, -0.2) is 84.2 Å². The van der Waals surface area contributed by atoms with E-state index in [2.05, 4.69) is 5.32 Å². The fourth-order valence-electron chi connectivity index (χ4n) is 4.00. The SMILES string of the molecule is COc1c(OCC(=O)C2CNC(C(=O)O)C2)cccc1O[C@H](C=O)N1CCC[C@@H]1C(=O)O. The number of Topliss-reactive ketones (excluding diaryl/α,β-unsaturated/α-hetero) is 1. The molecule has 0 bridgehead atoms. The van der Waals surface area contributed by atoms with E-state index in [4.69, 9.17) is 19.3 Å². The van der Waals surface area contributed by atoms with Gasteiger partial charge < -0.3 is 29.7 Å². The lowest BCUT2D eigenvalue weighted by atomic mass is 10.0. The molecule has 174 valence electrons. The van der Waals surface area contributed by atoms with Crippen LogP contribution in [0.1, 0.15) is 19.3 Å². The fourth-order valence-corrected chi connectivity index (χ4v) is 4.00. The Balaban J connectivity index is 1.68. The van der Waals surface area contributed by atoms with Gasteiger partial charge in [-0.25, -0.2) is 4.90 Å². The lowest BCUT2D eigenvalue weighted by Gasteiger charge is -2.28. The van der Waals surface area contributed by atoms with Crippen molar-refractivity contribution in [3.8, 4) is 17.2 Å². The number of likely N-dealkylation sites (tertiary alicyclic amines) is 1. The van der Waals surface area contributed by atoms with Crippen LogP contribution in [-0.2, 0) is 19.2 Å². The van der Waals surface area contributed by atoms with Crippen LogP contribution >= 0.6 is 0 Å². The predicted molar refractivity (Wildman–Crippen MR) is 109 cm³/mol. The molecule has 32 heavy (non-hydrogen) atoms. The number of aliphatic carboxylic acids is 2. The number of benzene rings is 1. The van der Waals surface area contributed by atoms with Crippen molar-refractivity contribution in [3.05, 3.63) is 18.2 Å². The van der Waals surface area contributed by atoms with Crippen molar-refractivity contribution in [2.45, 2.75) is 37.6 Å². The summed E-state index contributed by atoms with van der Waals surface area (Å²) in [6.07, 6.45) is 0.654. The first-order valence-electron chi connectivity index (χ1n) is 10.2. The third kappa shape index (κ3) is 5.17. The first-order chi connectivity index (χ1) is 15.3. The number of carbonyl (C=O) groups excluding carboxylic acids is 2. The van der Waals surface area contributed by atoms with Crippen molar-refractivity contribution in [1.29, 1.82) is 0 Å². The van der Waals surface area contributed by atoms with E-state index in [-0.39, 0.29) is 42.6 Å². The van der Waals surface area contributed by atoms with Crippen LogP contribution in [0.25, 0.3) is 0 Å². The highest BCUT2D eigenvalue weighted by molar-refractivity contribution is 5.85. The Hall–Kier alpha value is -3.18. The molecule has 11 nitrogen and oxygen atoms in total. The molecule has 2 aliphatic rings. The Morgan fingerprint density at radius 1 is 1.25 bits per heavy atom.